The Kier molecular flexibility index (Phi) is 4.01. The van der Waals surface area contributed by atoms with Crippen molar-refractivity contribution in [1.82, 2.24) is 5.32 Å². The van der Waals surface area contributed by atoms with Gasteiger partial charge in [-0.1, -0.05) is 18.2 Å². The van der Waals surface area contributed by atoms with Crippen molar-refractivity contribution >= 4 is 5.91 Å². The quantitative estimate of drug-likeness (QED) is 0.690. The fourth-order valence-corrected chi connectivity index (χ4v) is 2.16. The maximum absolute atomic E-state index is 12.1. The molecule has 5 nitrogen and oxygen atoms in total. The van der Waals surface area contributed by atoms with Crippen LogP contribution in [0.2, 0.25) is 0 Å². The Morgan fingerprint density at radius 2 is 1.70 bits per heavy atom. The number of para-hydroxylation sites is 1. The molecule has 0 spiro atoms. The number of hydrogen-bond acceptors (Lipinski definition) is 4. The molecule has 2 aromatic carbocycles. The van der Waals surface area contributed by atoms with Gasteiger partial charge in [0.2, 0.25) is 0 Å². The van der Waals surface area contributed by atoms with Crippen molar-refractivity contribution in [2.75, 3.05) is 0 Å². The van der Waals surface area contributed by atoms with Crippen molar-refractivity contribution in [1.29, 1.82) is 0 Å². The van der Waals surface area contributed by atoms with Gasteiger partial charge in [-0.05, 0) is 42.5 Å². The zero-order valence-corrected chi connectivity index (χ0v) is 12.2. The Morgan fingerprint density at radius 3 is 2.43 bits per heavy atom. The second-order valence-corrected chi connectivity index (χ2v) is 5.02. The van der Waals surface area contributed by atoms with Crippen LogP contribution in [0.1, 0.15) is 16.1 Å². The molecule has 0 aliphatic rings. The molecule has 1 heterocycles. The Hall–Kier alpha value is -3.21. The number of nitrogens with one attached hydrogen (secondary N) is 1. The number of amides is 1. The van der Waals surface area contributed by atoms with E-state index in [1.54, 1.807) is 60.7 Å². The molecule has 3 aromatic rings. The number of benzene rings is 2. The van der Waals surface area contributed by atoms with Gasteiger partial charge in [0.1, 0.15) is 17.3 Å². The molecular formula is C18H15NO4. The van der Waals surface area contributed by atoms with Crippen molar-refractivity contribution in [3.05, 3.63) is 72.0 Å². The van der Waals surface area contributed by atoms with E-state index in [1.807, 2.05) is 0 Å². The van der Waals surface area contributed by atoms with Crippen LogP contribution in [0.5, 0.6) is 11.5 Å². The summed E-state index contributed by atoms with van der Waals surface area (Å²) in [4.78, 5) is 12.1. The second kappa shape index (κ2) is 6.27. The minimum absolute atomic E-state index is 0.136. The predicted molar refractivity (Wildman–Crippen MR) is 85.1 cm³/mol. The summed E-state index contributed by atoms with van der Waals surface area (Å²) in [5, 5.41) is 21.7. The van der Waals surface area contributed by atoms with Crippen LogP contribution in [0.4, 0.5) is 0 Å². The van der Waals surface area contributed by atoms with Crippen molar-refractivity contribution in [2.45, 2.75) is 6.54 Å². The van der Waals surface area contributed by atoms with E-state index in [0.717, 1.165) is 5.56 Å². The SMILES string of the molecule is O=C(NCc1ccccc1O)c1ccc(-c2ccc(O)cc2)o1. The van der Waals surface area contributed by atoms with E-state index in [2.05, 4.69) is 5.32 Å². The molecule has 116 valence electrons. The Balaban J connectivity index is 1.69. The van der Waals surface area contributed by atoms with Crippen LogP contribution in [0.15, 0.2) is 65.1 Å². The van der Waals surface area contributed by atoms with E-state index < -0.39 is 0 Å². The van der Waals surface area contributed by atoms with Crippen LogP contribution < -0.4 is 5.32 Å². The molecule has 0 radical (unpaired) electrons. The van der Waals surface area contributed by atoms with Gasteiger partial charge in [-0.2, -0.15) is 0 Å². The molecule has 0 bridgehead atoms. The highest BCUT2D eigenvalue weighted by Crippen LogP contribution is 2.24. The Bertz CT molecular complexity index is 821. The van der Waals surface area contributed by atoms with Gasteiger partial charge in [-0.15, -0.1) is 0 Å². The molecule has 0 fully saturated rings. The van der Waals surface area contributed by atoms with E-state index in [1.165, 1.54) is 0 Å². The smallest absolute Gasteiger partial charge is 0.287 e. The lowest BCUT2D eigenvalue weighted by Crippen LogP contribution is -2.22. The van der Waals surface area contributed by atoms with Crippen molar-refractivity contribution in [2.24, 2.45) is 0 Å². The van der Waals surface area contributed by atoms with Crippen molar-refractivity contribution < 1.29 is 19.4 Å². The average Bonchev–Trinajstić information content (AvgIpc) is 3.04. The summed E-state index contributed by atoms with van der Waals surface area (Å²) in [7, 11) is 0. The van der Waals surface area contributed by atoms with Gasteiger partial charge in [-0.25, -0.2) is 0 Å². The van der Waals surface area contributed by atoms with Gasteiger partial charge >= 0.3 is 0 Å². The third-order valence-electron chi connectivity index (χ3n) is 3.41. The van der Waals surface area contributed by atoms with Crippen LogP contribution in [-0.4, -0.2) is 16.1 Å². The third kappa shape index (κ3) is 3.35. The van der Waals surface area contributed by atoms with E-state index in [0.29, 0.717) is 11.3 Å². The molecular weight excluding hydrogens is 294 g/mol. The van der Waals surface area contributed by atoms with Gasteiger partial charge in [-0.3, -0.25) is 4.79 Å². The van der Waals surface area contributed by atoms with E-state index >= 15 is 0 Å². The highest BCUT2D eigenvalue weighted by molar-refractivity contribution is 5.92. The maximum Gasteiger partial charge on any atom is 0.287 e. The summed E-state index contributed by atoms with van der Waals surface area (Å²) in [6.45, 7) is 0.209. The molecule has 0 atom stereocenters. The zero-order chi connectivity index (χ0) is 16.2. The first-order valence-corrected chi connectivity index (χ1v) is 7.08. The van der Waals surface area contributed by atoms with E-state index in [9.17, 15) is 15.0 Å². The molecule has 0 unspecified atom stereocenters. The fourth-order valence-electron chi connectivity index (χ4n) is 2.16. The monoisotopic (exact) mass is 309 g/mol. The van der Waals surface area contributed by atoms with Crippen molar-refractivity contribution in [3.63, 3.8) is 0 Å². The van der Waals surface area contributed by atoms with Gasteiger partial charge in [0.25, 0.3) is 5.91 Å². The van der Waals surface area contributed by atoms with Gasteiger partial charge in [0, 0.05) is 17.7 Å². The summed E-state index contributed by atoms with van der Waals surface area (Å²) < 4.78 is 5.53. The van der Waals surface area contributed by atoms with Crippen LogP contribution in [0.25, 0.3) is 11.3 Å². The number of carbonyl (C=O) groups is 1. The molecule has 3 rings (SSSR count). The first-order chi connectivity index (χ1) is 11.1. The second-order valence-electron chi connectivity index (χ2n) is 5.02. The van der Waals surface area contributed by atoms with Crippen LogP contribution in [-0.2, 0) is 6.54 Å². The van der Waals surface area contributed by atoms with Crippen LogP contribution in [0, 0.1) is 0 Å². The number of carbonyl (C=O) groups excluding carboxylic acids is 1. The minimum Gasteiger partial charge on any atom is -0.508 e. The molecule has 1 amide bonds. The topological polar surface area (TPSA) is 82.7 Å². The summed E-state index contributed by atoms with van der Waals surface area (Å²) in [6, 6.07) is 16.6. The standard InChI is InChI=1S/C18H15NO4/c20-14-7-5-12(6-8-14)16-9-10-17(23-16)18(22)19-11-13-3-1-2-4-15(13)21/h1-10,20-21H,11H2,(H,19,22). The highest BCUT2D eigenvalue weighted by Gasteiger charge is 2.12. The number of furan rings is 1. The van der Waals surface area contributed by atoms with Gasteiger partial charge < -0.3 is 19.9 Å². The first-order valence-electron chi connectivity index (χ1n) is 7.08. The zero-order valence-electron chi connectivity index (χ0n) is 12.2. The van der Waals surface area contributed by atoms with Crippen molar-refractivity contribution in [3.8, 4) is 22.8 Å². The van der Waals surface area contributed by atoms with Gasteiger partial charge in [0.15, 0.2) is 5.76 Å². The lowest BCUT2D eigenvalue weighted by molar-refractivity contribution is 0.0924. The Morgan fingerprint density at radius 1 is 0.957 bits per heavy atom. The number of hydrogen-bond donors (Lipinski definition) is 3. The van der Waals surface area contributed by atoms with Crippen LogP contribution in [0.3, 0.4) is 0 Å². The number of aromatic hydroxyl groups is 2. The summed E-state index contributed by atoms with van der Waals surface area (Å²) in [6.07, 6.45) is 0. The lowest BCUT2D eigenvalue weighted by atomic mass is 10.2. The molecule has 5 heteroatoms. The maximum atomic E-state index is 12.1. The molecule has 0 saturated heterocycles. The molecule has 23 heavy (non-hydrogen) atoms. The number of phenolic OH excluding ortho intramolecular Hbond substituents is 2. The minimum atomic E-state index is -0.363. The highest BCUT2D eigenvalue weighted by atomic mass is 16.4. The normalized spacial score (nSPS) is 10.4. The number of rotatable bonds is 4. The van der Waals surface area contributed by atoms with E-state index in [4.69, 9.17) is 4.42 Å². The summed E-state index contributed by atoms with van der Waals surface area (Å²) in [5.74, 6) is 0.664. The van der Waals surface area contributed by atoms with E-state index in [-0.39, 0.29) is 29.7 Å². The molecule has 0 aliphatic carbocycles. The summed E-state index contributed by atoms with van der Waals surface area (Å²) >= 11 is 0. The molecule has 1 aromatic heterocycles. The number of phenols is 2. The average molecular weight is 309 g/mol. The first kappa shape index (κ1) is 14.7. The third-order valence-corrected chi connectivity index (χ3v) is 3.41. The fraction of sp³-hybridized carbons (Fsp3) is 0.0556. The van der Waals surface area contributed by atoms with Crippen LogP contribution >= 0.6 is 0 Å². The Labute approximate surface area is 132 Å². The predicted octanol–water partition coefficient (Wildman–Crippen LogP) is 3.29. The largest absolute Gasteiger partial charge is 0.508 e. The summed E-state index contributed by atoms with van der Waals surface area (Å²) in [5.41, 5.74) is 1.40. The molecule has 0 aliphatic heterocycles. The molecule has 0 saturated carbocycles. The lowest BCUT2D eigenvalue weighted by Gasteiger charge is -2.05. The molecule has 3 N–H and O–H groups in total. The van der Waals surface area contributed by atoms with Gasteiger partial charge in [0.05, 0.1) is 0 Å².